The Kier molecular flexibility index (Phi) is 4.14. The first-order valence-corrected chi connectivity index (χ1v) is 7.37. The lowest BCUT2D eigenvalue weighted by Gasteiger charge is -2.14. The maximum Gasteiger partial charge on any atom is 0.282 e. The Morgan fingerprint density at radius 1 is 1.21 bits per heavy atom. The molecule has 24 heavy (non-hydrogen) atoms. The zero-order valence-corrected chi connectivity index (χ0v) is 13.4. The van der Waals surface area contributed by atoms with Crippen LogP contribution in [0.1, 0.15) is 5.56 Å². The van der Waals surface area contributed by atoms with Gasteiger partial charge in [0, 0.05) is 5.02 Å². The van der Waals surface area contributed by atoms with Crippen LogP contribution in [0.15, 0.2) is 48.0 Å². The molecule has 122 valence electrons. The van der Waals surface area contributed by atoms with Gasteiger partial charge in [-0.05, 0) is 42.0 Å². The standard InChI is InChI=1S/C17H13ClN2O4/c1-24-15-8-10(5-6-14(15)21)7-13-16(22)19-20(17(13)23)12-4-2-3-11(18)9-12/h2-9,21H,1H3,(H,19,22)/b13-7+. The van der Waals surface area contributed by atoms with Crippen LogP contribution in [0, 0.1) is 0 Å². The Hall–Kier alpha value is -2.99. The molecule has 6 nitrogen and oxygen atoms in total. The topological polar surface area (TPSA) is 78.9 Å². The van der Waals surface area contributed by atoms with Crippen LogP contribution in [-0.2, 0) is 9.59 Å². The first-order chi connectivity index (χ1) is 11.5. The van der Waals surface area contributed by atoms with Gasteiger partial charge in [0.25, 0.3) is 11.8 Å². The first kappa shape index (κ1) is 15.9. The van der Waals surface area contributed by atoms with Gasteiger partial charge in [-0.3, -0.25) is 15.0 Å². The molecule has 1 saturated heterocycles. The summed E-state index contributed by atoms with van der Waals surface area (Å²) < 4.78 is 5.02. The predicted molar refractivity (Wildman–Crippen MR) is 89.7 cm³/mol. The lowest BCUT2D eigenvalue weighted by Crippen LogP contribution is -2.35. The fourth-order valence-electron chi connectivity index (χ4n) is 2.31. The number of halogens is 1. The van der Waals surface area contributed by atoms with E-state index < -0.39 is 11.8 Å². The third-order valence-electron chi connectivity index (χ3n) is 3.47. The second kappa shape index (κ2) is 6.25. The number of nitrogens with zero attached hydrogens (tertiary/aromatic N) is 1. The van der Waals surface area contributed by atoms with Crippen LogP contribution in [0.4, 0.5) is 5.69 Å². The minimum Gasteiger partial charge on any atom is -0.504 e. The van der Waals surface area contributed by atoms with Gasteiger partial charge in [0.2, 0.25) is 0 Å². The fraction of sp³-hybridized carbons (Fsp3) is 0.0588. The lowest BCUT2D eigenvalue weighted by atomic mass is 10.1. The largest absolute Gasteiger partial charge is 0.504 e. The van der Waals surface area contributed by atoms with E-state index in [9.17, 15) is 14.7 Å². The van der Waals surface area contributed by atoms with Crippen molar-refractivity contribution in [1.82, 2.24) is 5.43 Å². The molecule has 0 spiro atoms. The molecule has 0 aromatic heterocycles. The number of ether oxygens (including phenoxy) is 1. The summed E-state index contributed by atoms with van der Waals surface area (Å²) in [6, 6.07) is 11.1. The highest BCUT2D eigenvalue weighted by Gasteiger charge is 2.34. The number of phenols is 1. The number of phenolic OH excluding ortho intramolecular Hbond substituents is 1. The van der Waals surface area contributed by atoms with E-state index in [4.69, 9.17) is 16.3 Å². The summed E-state index contributed by atoms with van der Waals surface area (Å²) in [5, 5.41) is 11.2. The molecule has 0 atom stereocenters. The number of carbonyl (C=O) groups excluding carboxylic acids is 2. The van der Waals surface area contributed by atoms with Crippen LogP contribution in [0.25, 0.3) is 6.08 Å². The highest BCUT2D eigenvalue weighted by molar-refractivity contribution is 6.33. The van der Waals surface area contributed by atoms with Gasteiger partial charge in [-0.2, -0.15) is 0 Å². The average molecular weight is 345 g/mol. The highest BCUT2D eigenvalue weighted by atomic mass is 35.5. The number of benzene rings is 2. The molecule has 2 amide bonds. The van der Waals surface area contributed by atoms with Gasteiger partial charge in [0.05, 0.1) is 12.8 Å². The minimum atomic E-state index is -0.521. The van der Waals surface area contributed by atoms with Crippen molar-refractivity contribution < 1.29 is 19.4 Å². The number of nitrogens with one attached hydrogen (secondary N) is 1. The number of hydrogen-bond donors (Lipinski definition) is 2. The van der Waals surface area contributed by atoms with E-state index in [0.717, 1.165) is 5.01 Å². The highest BCUT2D eigenvalue weighted by Crippen LogP contribution is 2.28. The van der Waals surface area contributed by atoms with E-state index in [1.54, 1.807) is 30.3 Å². The lowest BCUT2D eigenvalue weighted by molar-refractivity contribution is -0.117. The Morgan fingerprint density at radius 3 is 2.71 bits per heavy atom. The van der Waals surface area contributed by atoms with Gasteiger partial charge >= 0.3 is 0 Å². The normalized spacial score (nSPS) is 15.8. The van der Waals surface area contributed by atoms with Gasteiger partial charge in [0.1, 0.15) is 5.57 Å². The molecule has 0 unspecified atom stereocenters. The summed E-state index contributed by atoms with van der Waals surface area (Å²) in [5.74, 6) is -0.786. The van der Waals surface area contributed by atoms with Crippen LogP contribution in [0.5, 0.6) is 11.5 Å². The molecule has 0 radical (unpaired) electrons. The van der Waals surface area contributed by atoms with Crippen molar-refractivity contribution in [2.75, 3.05) is 12.1 Å². The molecule has 2 aromatic carbocycles. The minimum absolute atomic E-state index is 0.0253. The maximum atomic E-state index is 12.5. The summed E-state index contributed by atoms with van der Waals surface area (Å²) in [4.78, 5) is 24.6. The summed E-state index contributed by atoms with van der Waals surface area (Å²) in [6.45, 7) is 0. The van der Waals surface area contributed by atoms with Gasteiger partial charge in [-0.15, -0.1) is 0 Å². The summed E-state index contributed by atoms with van der Waals surface area (Å²) in [5.41, 5.74) is 3.49. The number of rotatable bonds is 3. The Morgan fingerprint density at radius 2 is 2.00 bits per heavy atom. The summed E-state index contributed by atoms with van der Waals surface area (Å²) >= 11 is 5.92. The quantitative estimate of drug-likeness (QED) is 0.662. The maximum absolute atomic E-state index is 12.5. The molecule has 3 rings (SSSR count). The van der Waals surface area contributed by atoms with Gasteiger partial charge in [0.15, 0.2) is 11.5 Å². The van der Waals surface area contributed by atoms with Crippen molar-refractivity contribution in [2.24, 2.45) is 0 Å². The first-order valence-electron chi connectivity index (χ1n) is 6.99. The second-order valence-corrected chi connectivity index (χ2v) is 5.49. The Labute approximate surface area is 142 Å². The van der Waals surface area contributed by atoms with E-state index in [2.05, 4.69) is 5.43 Å². The third-order valence-corrected chi connectivity index (χ3v) is 3.71. The third kappa shape index (κ3) is 2.91. The van der Waals surface area contributed by atoms with Crippen molar-refractivity contribution in [2.45, 2.75) is 0 Å². The molecule has 1 aliphatic rings. The second-order valence-electron chi connectivity index (χ2n) is 5.05. The van der Waals surface area contributed by atoms with Crippen LogP contribution in [-0.4, -0.2) is 24.0 Å². The fourth-order valence-corrected chi connectivity index (χ4v) is 2.49. The molecule has 0 aliphatic carbocycles. The summed E-state index contributed by atoms with van der Waals surface area (Å²) in [7, 11) is 1.42. The van der Waals surface area contributed by atoms with Crippen LogP contribution in [0.2, 0.25) is 5.02 Å². The number of amides is 2. The van der Waals surface area contributed by atoms with Crippen LogP contribution < -0.4 is 15.2 Å². The SMILES string of the molecule is COc1cc(/C=C2\C(=O)NN(c3cccc(Cl)c3)C2=O)ccc1O. The molecule has 1 fully saturated rings. The molecule has 1 aliphatic heterocycles. The number of hydrazine groups is 1. The molecular weight excluding hydrogens is 332 g/mol. The van der Waals surface area contributed by atoms with Gasteiger partial charge in [-0.1, -0.05) is 23.7 Å². The number of anilines is 1. The van der Waals surface area contributed by atoms with E-state index >= 15 is 0 Å². The molecule has 1 heterocycles. The van der Waals surface area contributed by atoms with Crippen molar-refractivity contribution >= 4 is 35.2 Å². The molecule has 7 heteroatoms. The Bertz CT molecular complexity index is 863. The van der Waals surface area contributed by atoms with Gasteiger partial charge in [-0.25, -0.2) is 5.01 Å². The molecular formula is C17H13ClN2O4. The molecule has 0 saturated carbocycles. The van der Waals surface area contributed by atoms with Crippen LogP contribution >= 0.6 is 11.6 Å². The van der Waals surface area contributed by atoms with Crippen molar-refractivity contribution in [3.05, 3.63) is 58.6 Å². The zero-order chi connectivity index (χ0) is 17.3. The molecule has 2 N–H and O–H groups in total. The number of carbonyl (C=O) groups is 2. The number of methoxy groups -OCH3 is 1. The monoisotopic (exact) mass is 344 g/mol. The van der Waals surface area contributed by atoms with Crippen LogP contribution in [0.3, 0.4) is 0 Å². The van der Waals surface area contributed by atoms with E-state index in [0.29, 0.717) is 16.3 Å². The molecule has 2 aromatic rings. The van der Waals surface area contributed by atoms with Crippen molar-refractivity contribution in [3.8, 4) is 11.5 Å². The van der Waals surface area contributed by atoms with E-state index in [-0.39, 0.29) is 17.1 Å². The predicted octanol–water partition coefficient (Wildman–Crippen LogP) is 2.52. The van der Waals surface area contributed by atoms with Gasteiger partial charge < -0.3 is 9.84 Å². The number of aromatic hydroxyl groups is 1. The zero-order valence-electron chi connectivity index (χ0n) is 12.6. The Balaban J connectivity index is 1.94. The van der Waals surface area contributed by atoms with Crippen molar-refractivity contribution in [3.63, 3.8) is 0 Å². The number of hydrogen-bond acceptors (Lipinski definition) is 4. The van der Waals surface area contributed by atoms with E-state index in [1.165, 1.54) is 25.3 Å². The van der Waals surface area contributed by atoms with Crippen molar-refractivity contribution in [1.29, 1.82) is 0 Å². The average Bonchev–Trinajstić information content (AvgIpc) is 2.84. The van der Waals surface area contributed by atoms with E-state index in [1.807, 2.05) is 0 Å². The smallest absolute Gasteiger partial charge is 0.282 e. The summed E-state index contributed by atoms with van der Waals surface area (Å²) in [6.07, 6.45) is 1.43. The molecule has 0 bridgehead atoms.